The highest BCUT2D eigenvalue weighted by Gasteiger charge is 2.07. The maximum Gasteiger partial charge on any atom is 0.0964 e. The van der Waals surface area contributed by atoms with Gasteiger partial charge >= 0.3 is 0 Å². The van der Waals surface area contributed by atoms with Gasteiger partial charge in [-0.05, 0) is 22.6 Å². The molecule has 0 amide bonds. The fraction of sp³-hybridized carbons (Fsp3) is 0.0667. The van der Waals surface area contributed by atoms with Gasteiger partial charge in [-0.1, -0.05) is 48.5 Å². The summed E-state index contributed by atoms with van der Waals surface area (Å²) >= 11 is 1.75. The summed E-state index contributed by atoms with van der Waals surface area (Å²) in [6.07, 6.45) is 0. The average molecular weight is 239 g/mol. The number of hydrogen-bond donors (Lipinski definition) is 1. The van der Waals surface area contributed by atoms with Gasteiger partial charge in [-0.25, -0.2) is 0 Å². The van der Waals surface area contributed by atoms with Crippen LogP contribution >= 0.6 is 11.3 Å². The normalized spacial score (nSPS) is 10.6. The molecule has 1 aliphatic heterocycles. The Morgan fingerprint density at radius 1 is 0.882 bits per heavy atom. The van der Waals surface area contributed by atoms with E-state index in [4.69, 9.17) is 0 Å². The van der Waals surface area contributed by atoms with Crippen LogP contribution in [0.1, 0.15) is 5.56 Å². The molecule has 0 aromatic heterocycles. The lowest BCUT2D eigenvalue weighted by Gasteiger charge is -2.10. The maximum absolute atomic E-state index is 3.51. The molecule has 0 saturated heterocycles. The Hall–Kier alpha value is -1.80. The SMILES string of the molecule is c1ccc(CNc2sccc3cccc2-3)cc1. The molecule has 1 aliphatic carbocycles. The van der Waals surface area contributed by atoms with E-state index < -0.39 is 0 Å². The summed E-state index contributed by atoms with van der Waals surface area (Å²) < 4.78 is 0. The number of fused-ring (bicyclic) bond motifs is 1. The summed E-state index contributed by atoms with van der Waals surface area (Å²) in [7, 11) is 0. The van der Waals surface area contributed by atoms with E-state index in [2.05, 4.69) is 59.2 Å². The first-order valence-corrected chi connectivity index (χ1v) is 6.55. The smallest absolute Gasteiger partial charge is 0.0964 e. The van der Waals surface area contributed by atoms with Crippen molar-refractivity contribution in [3.8, 4) is 11.1 Å². The average Bonchev–Trinajstić information content (AvgIpc) is 2.86. The van der Waals surface area contributed by atoms with Crippen LogP contribution in [0.2, 0.25) is 0 Å². The van der Waals surface area contributed by atoms with Crippen molar-refractivity contribution >= 4 is 16.3 Å². The monoisotopic (exact) mass is 239 g/mol. The molecule has 1 nitrogen and oxygen atoms in total. The molecule has 1 aromatic rings. The van der Waals surface area contributed by atoms with Crippen LogP contribution in [0.15, 0.2) is 60.0 Å². The van der Waals surface area contributed by atoms with Crippen molar-refractivity contribution in [1.82, 2.24) is 0 Å². The number of nitrogens with one attached hydrogen (secondary N) is 1. The largest absolute Gasteiger partial charge is 0.372 e. The minimum atomic E-state index is 0.877. The van der Waals surface area contributed by atoms with E-state index in [1.54, 1.807) is 11.3 Å². The van der Waals surface area contributed by atoms with Crippen LogP contribution in [0.3, 0.4) is 0 Å². The number of anilines is 1. The molecular weight excluding hydrogens is 226 g/mol. The molecule has 1 N–H and O–H groups in total. The molecule has 2 aliphatic rings. The van der Waals surface area contributed by atoms with Gasteiger partial charge in [-0.3, -0.25) is 0 Å². The molecule has 0 bridgehead atoms. The van der Waals surface area contributed by atoms with Crippen molar-refractivity contribution in [3.05, 3.63) is 65.5 Å². The fourth-order valence-corrected chi connectivity index (χ4v) is 2.76. The zero-order chi connectivity index (χ0) is 11.5. The molecule has 2 heteroatoms. The molecular formula is C15H13NS. The molecule has 0 fully saturated rings. The van der Waals surface area contributed by atoms with E-state index in [0.29, 0.717) is 0 Å². The molecule has 17 heavy (non-hydrogen) atoms. The van der Waals surface area contributed by atoms with E-state index >= 15 is 0 Å². The highest BCUT2D eigenvalue weighted by Crippen LogP contribution is 2.34. The number of benzene rings is 1. The lowest BCUT2D eigenvalue weighted by atomic mass is 10.2. The van der Waals surface area contributed by atoms with Gasteiger partial charge in [-0.15, -0.1) is 11.3 Å². The Balaban J connectivity index is 1.80. The predicted molar refractivity (Wildman–Crippen MR) is 74.7 cm³/mol. The third-order valence-electron chi connectivity index (χ3n) is 2.82. The Labute approximate surface area is 105 Å². The molecule has 1 aromatic carbocycles. The molecule has 0 spiro atoms. The second kappa shape index (κ2) is 4.60. The van der Waals surface area contributed by atoms with Crippen LogP contribution in [-0.2, 0) is 6.54 Å². The summed E-state index contributed by atoms with van der Waals surface area (Å²) in [6, 6.07) is 19.1. The van der Waals surface area contributed by atoms with E-state index in [1.807, 2.05) is 6.07 Å². The quantitative estimate of drug-likeness (QED) is 0.711. The van der Waals surface area contributed by atoms with Crippen LogP contribution in [0.5, 0.6) is 0 Å². The van der Waals surface area contributed by atoms with E-state index in [0.717, 1.165) is 6.54 Å². The summed E-state index contributed by atoms with van der Waals surface area (Å²) in [5.41, 5.74) is 3.93. The van der Waals surface area contributed by atoms with E-state index in [-0.39, 0.29) is 0 Å². The molecule has 0 unspecified atom stereocenters. The first-order chi connectivity index (χ1) is 8.43. The van der Waals surface area contributed by atoms with E-state index in [1.165, 1.54) is 21.7 Å². The molecule has 0 atom stereocenters. The highest BCUT2D eigenvalue weighted by atomic mass is 32.1. The fourth-order valence-electron chi connectivity index (χ4n) is 1.94. The summed E-state index contributed by atoms with van der Waals surface area (Å²) in [4.78, 5) is 0. The maximum atomic E-state index is 3.51. The molecule has 84 valence electrons. The molecule has 0 saturated carbocycles. The summed E-state index contributed by atoms with van der Waals surface area (Å²) in [5, 5.41) is 6.89. The third-order valence-corrected chi connectivity index (χ3v) is 3.70. The number of hydrogen-bond acceptors (Lipinski definition) is 2. The first-order valence-electron chi connectivity index (χ1n) is 5.67. The molecule has 1 heterocycles. The Kier molecular flexibility index (Phi) is 2.80. The van der Waals surface area contributed by atoms with Gasteiger partial charge in [0, 0.05) is 12.1 Å². The van der Waals surface area contributed by atoms with Gasteiger partial charge in [0.05, 0.1) is 5.00 Å². The van der Waals surface area contributed by atoms with Crippen LogP contribution in [0.4, 0.5) is 5.00 Å². The molecule has 0 radical (unpaired) electrons. The second-order valence-electron chi connectivity index (χ2n) is 3.98. The zero-order valence-electron chi connectivity index (χ0n) is 9.39. The van der Waals surface area contributed by atoms with Gasteiger partial charge in [0.15, 0.2) is 0 Å². The number of rotatable bonds is 3. The zero-order valence-corrected chi connectivity index (χ0v) is 10.2. The minimum absolute atomic E-state index is 0.877. The van der Waals surface area contributed by atoms with Crippen molar-refractivity contribution < 1.29 is 0 Å². The lowest BCUT2D eigenvalue weighted by Crippen LogP contribution is -1.98. The van der Waals surface area contributed by atoms with Crippen molar-refractivity contribution in [2.24, 2.45) is 0 Å². The van der Waals surface area contributed by atoms with Gasteiger partial charge < -0.3 is 5.32 Å². The standard InChI is InChI=1S/C15H13NS/c1-2-5-12(6-3-1)11-16-15-14-8-4-7-13(14)9-10-17-15/h1-10,16H,11H2. The van der Waals surface area contributed by atoms with E-state index in [9.17, 15) is 0 Å². The van der Waals surface area contributed by atoms with Crippen LogP contribution < -0.4 is 5.32 Å². The summed E-state index contributed by atoms with van der Waals surface area (Å²) in [5.74, 6) is 0. The van der Waals surface area contributed by atoms with Crippen molar-refractivity contribution in [3.63, 3.8) is 0 Å². The van der Waals surface area contributed by atoms with Gasteiger partial charge in [0.2, 0.25) is 0 Å². The second-order valence-corrected chi connectivity index (χ2v) is 4.90. The Morgan fingerprint density at radius 2 is 1.76 bits per heavy atom. The molecule has 3 rings (SSSR count). The van der Waals surface area contributed by atoms with Crippen LogP contribution in [-0.4, -0.2) is 0 Å². The topological polar surface area (TPSA) is 12.0 Å². The summed E-state index contributed by atoms with van der Waals surface area (Å²) in [6.45, 7) is 0.877. The van der Waals surface area contributed by atoms with Gasteiger partial charge in [0.25, 0.3) is 0 Å². The third kappa shape index (κ3) is 2.17. The van der Waals surface area contributed by atoms with Crippen LogP contribution in [0.25, 0.3) is 11.1 Å². The van der Waals surface area contributed by atoms with Gasteiger partial charge in [-0.2, -0.15) is 0 Å². The highest BCUT2D eigenvalue weighted by molar-refractivity contribution is 7.14. The van der Waals surface area contributed by atoms with Crippen molar-refractivity contribution in [1.29, 1.82) is 0 Å². The van der Waals surface area contributed by atoms with Gasteiger partial charge in [0.1, 0.15) is 0 Å². The Bertz CT molecular complexity index is 571. The Morgan fingerprint density at radius 3 is 2.65 bits per heavy atom. The van der Waals surface area contributed by atoms with Crippen molar-refractivity contribution in [2.75, 3.05) is 5.32 Å². The minimum Gasteiger partial charge on any atom is -0.372 e. The van der Waals surface area contributed by atoms with Crippen molar-refractivity contribution in [2.45, 2.75) is 6.54 Å². The van der Waals surface area contributed by atoms with Crippen LogP contribution in [0, 0.1) is 0 Å². The predicted octanol–water partition coefficient (Wildman–Crippen LogP) is 4.47. The first kappa shape index (κ1) is 10.4. The lowest BCUT2D eigenvalue weighted by molar-refractivity contribution is 1.16.